The van der Waals surface area contributed by atoms with Crippen LogP contribution in [-0.4, -0.2) is 78.2 Å². The highest BCUT2D eigenvalue weighted by Crippen LogP contribution is 2.12. The number of hydrogen-bond acceptors (Lipinski definition) is 6. The molecule has 2 N–H and O–H groups in total. The van der Waals surface area contributed by atoms with Gasteiger partial charge in [-0.1, -0.05) is 19.6 Å². The summed E-state index contributed by atoms with van der Waals surface area (Å²) in [4.78, 5) is 31.7. The van der Waals surface area contributed by atoms with E-state index in [4.69, 9.17) is 14.9 Å². The number of piperazine rings is 1. The Morgan fingerprint density at radius 2 is 1.93 bits per heavy atom. The van der Waals surface area contributed by atoms with Crippen molar-refractivity contribution in [3.05, 3.63) is 22.2 Å². The molecule has 158 valence electrons. The number of aliphatic hydroxyl groups excluding tert-OH is 1. The van der Waals surface area contributed by atoms with Crippen LogP contribution in [-0.2, 0) is 17.9 Å². The molecule has 28 heavy (non-hydrogen) atoms. The number of anilines is 1. The van der Waals surface area contributed by atoms with Crippen LogP contribution in [0.1, 0.15) is 12.1 Å². The summed E-state index contributed by atoms with van der Waals surface area (Å²) in [6.07, 6.45) is 1.88. The van der Waals surface area contributed by atoms with E-state index in [2.05, 4.69) is 24.6 Å². The smallest absolute Gasteiger partial charge is 0.407 e. The lowest BCUT2D eigenvalue weighted by molar-refractivity contribution is 0.0844. The van der Waals surface area contributed by atoms with Crippen LogP contribution in [0.3, 0.4) is 0 Å². The van der Waals surface area contributed by atoms with Crippen molar-refractivity contribution in [3.63, 3.8) is 0 Å². The van der Waals surface area contributed by atoms with Crippen LogP contribution in [0.25, 0.3) is 0 Å². The Labute approximate surface area is 166 Å². The molecule has 1 amide bonds. The van der Waals surface area contributed by atoms with Crippen molar-refractivity contribution in [2.45, 2.75) is 45.3 Å². The highest BCUT2D eigenvalue weighted by atomic mass is 28.3. The van der Waals surface area contributed by atoms with Crippen LogP contribution in [0.15, 0.2) is 11.0 Å². The number of carboxylic acid groups (broad SMARTS) is 1. The van der Waals surface area contributed by atoms with Crippen molar-refractivity contribution in [2.75, 3.05) is 44.3 Å². The molecule has 1 aromatic heterocycles. The van der Waals surface area contributed by atoms with Gasteiger partial charge in [0.2, 0.25) is 0 Å². The van der Waals surface area contributed by atoms with E-state index in [1.54, 1.807) is 6.20 Å². The van der Waals surface area contributed by atoms with Crippen molar-refractivity contribution < 1.29 is 19.7 Å². The summed E-state index contributed by atoms with van der Waals surface area (Å²) in [6.45, 7) is 9.19. The average molecular weight is 413 g/mol. The maximum Gasteiger partial charge on any atom is 0.407 e. The van der Waals surface area contributed by atoms with Gasteiger partial charge in [-0.25, -0.2) is 9.78 Å². The van der Waals surface area contributed by atoms with Crippen LogP contribution in [0.4, 0.5) is 10.6 Å². The number of rotatable bonds is 9. The van der Waals surface area contributed by atoms with Gasteiger partial charge < -0.3 is 24.7 Å². The fourth-order valence-electron chi connectivity index (χ4n) is 2.91. The number of nitrogens with zero attached hydrogens (tertiary/aromatic N) is 4. The monoisotopic (exact) mass is 412 g/mol. The van der Waals surface area contributed by atoms with Crippen LogP contribution < -0.4 is 10.5 Å². The Hall–Kier alpha value is -1.91. The van der Waals surface area contributed by atoms with E-state index in [9.17, 15) is 9.59 Å². The summed E-state index contributed by atoms with van der Waals surface area (Å²) in [6, 6.07) is 1.02. The first-order valence-electron chi connectivity index (χ1n) is 9.73. The Bertz CT molecular complexity index is 711. The maximum atomic E-state index is 12.9. The van der Waals surface area contributed by atoms with E-state index in [0.717, 1.165) is 11.7 Å². The molecular weight excluding hydrogens is 380 g/mol. The largest absolute Gasteiger partial charge is 0.465 e. The van der Waals surface area contributed by atoms with Gasteiger partial charge in [0.25, 0.3) is 5.56 Å². The molecule has 10 heteroatoms. The zero-order valence-electron chi connectivity index (χ0n) is 17.1. The zero-order valence-corrected chi connectivity index (χ0v) is 18.1. The second-order valence-electron chi connectivity index (χ2n) is 8.26. The third kappa shape index (κ3) is 6.61. The molecule has 0 saturated carbocycles. The second kappa shape index (κ2) is 10.0. The minimum atomic E-state index is -1.20. The third-order valence-electron chi connectivity index (χ3n) is 4.67. The van der Waals surface area contributed by atoms with Crippen LogP contribution >= 0.6 is 0 Å². The summed E-state index contributed by atoms with van der Waals surface area (Å²) in [5, 5.41) is 18.2. The lowest BCUT2D eigenvalue weighted by Gasteiger charge is -2.33. The Morgan fingerprint density at radius 3 is 2.50 bits per heavy atom. The molecule has 1 aliphatic heterocycles. The van der Waals surface area contributed by atoms with Crippen LogP contribution in [0, 0.1) is 0 Å². The van der Waals surface area contributed by atoms with Crippen LogP contribution in [0.5, 0.6) is 0 Å². The second-order valence-corrected chi connectivity index (χ2v) is 13.9. The minimum Gasteiger partial charge on any atom is -0.465 e. The van der Waals surface area contributed by atoms with E-state index in [0.29, 0.717) is 51.4 Å². The fraction of sp³-hybridized carbons (Fsp3) is 0.722. The van der Waals surface area contributed by atoms with Gasteiger partial charge in [-0.2, -0.15) is 0 Å². The Balaban J connectivity index is 2.14. The van der Waals surface area contributed by atoms with Crippen molar-refractivity contribution >= 4 is 20.0 Å². The van der Waals surface area contributed by atoms with Crippen molar-refractivity contribution in [1.29, 1.82) is 0 Å². The number of carbonyl (C=O) groups is 1. The molecule has 0 aromatic carbocycles. The summed E-state index contributed by atoms with van der Waals surface area (Å²) < 4.78 is 7.27. The number of amides is 1. The molecule has 1 aliphatic rings. The molecule has 1 saturated heterocycles. The molecule has 9 nitrogen and oxygen atoms in total. The minimum absolute atomic E-state index is 0.0557. The number of aryl methyl sites for hydroxylation is 1. The van der Waals surface area contributed by atoms with Gasteiger partial charge in [-0.15, -0.1) is 0 Å². The predicted molar refractivity (Wildman–Crippen MR) is 110 cm³/mol. The van der Waals surface area contributed by atoms with Crippen molar-refractivity contribution in [3.8, 4) is 0 Å². The fourth-order valence-corrected chi connectivity index (χ4v) is 3.67. The first-order valence-corrected chi connectivity index (χ1v) is 13.4. The van der Waals surface area contributed by atoms with Gasteiger partial charge in [0.1, 0.15) is 6.73 Å². The summed E-state index contributed by atoms with van der Waals surface area (Å²) in [5.41, 5.74) is 0.489. The molecule has 0 spiro atoms. The summed E-state index contributed by atoms with van der Waals surface area (Å²) >= 11 is 0. The van der Waals surface area contributed by atoms with Crippen LogP contribution in [0.2, 0.25) is 25.7 Å². The third-order valence-corrected chi connectivity index (χ3v) is 6.38. The van der Waals surface area contributed by atoms with Gasteiger partial charge in [-0.3, -0.25) is 9.36 Å². The summed E-state index contributed by atoms with van der Waals surface area (Å²) in [5.74, 6) is 0.328. The first-order chi connectivity index (χ1) is 13.2. The molecular formula is C18H32N4O5Si. The number of hydrogen-bond donors (Lipinski definition) is 2. The number of ether oxygens (including phenoxy) is 1. The van der Waals surface area contributed by atoms with Gasteiger partial charge in [-0.05, 0) is 18.9 Å². The van der Waals surface area contributed by atoms with E-state index in [1.807, 2.05) is 4.90 Å². The molecule has 2 rings (SSSR count). The quantitative estimate of drug-likeness (QED) is 0.465. The van der Waals surface area contributed by atoms with E-state index in [-0.39, 0.29) is 18.9 Å². The highest BCUT2D eigenvalue weighted by Gasteiger charge is 2.24. The number of aromatic nitrogens is 2. The van der Waals surface area contributed by atoms with Gasteiger partial charge in [0, 0.05) is 53.7 Å². The Morgan fingerprint density at radius 1 is 1.25 bits per heavy atom. The zero-order chi connectivity index (χ0) is 20.7. The highest BCUT2D eigenvalue weighted by molar-refractivity contribution is 6.76. The molecule has 0 aliphatic carbocycles. The molecule has 0 atom stereocenters. The maximum absolute atomic E-state index is 12.9. The standard InChI is InChI=1S/C18H32N4O5Si/c1-28(2,3)12-11-27-14-22-13-15(5-4-10-23)19-16(17(22)24)20-6-8-21(9-7-20)18(25)26/h13,23H,4-12,14H2,1-3H3,(H,25,26). The van der Waals surface area contributed by atoms with Crippen molar-refractivity contribution in [1.82, 2.24) is 14.5 Å². The van der Waals surface area contributed by atoms with E-state index in [1.165, 1.54) is 9.47 Å². The van der Waals surface area contributed by atoms with Gasteiger partial charge in [0.05, 0.1) is 5.69 Å². The molecule has 1 aromatic rings. The molecule has 1 fully saturated rings. The predicted octanol–water partition coefficient (Wildman–Crippen LogP) is 1.28. The molecule has 0 radical (unpaired) electrons. The topological polar surface area (TPSA) is 108 Å². The Kier molecular flexibility index (Phi) is 8.02. The van der Waals surface area contributed by atoms with Gasteiger partial charge in [0.15, 0.2) is 5.82 Å². The molecule has 2 heterocycles. The van der Waals surface area contributed by atoms with Gasteiger partial charge >= 0.3 is 6.09 Å². The molecule has 0 bridgehead atoms. The normalized spacial score (nSPS) is 15.1. The van der Waals surface area contributed by atoms with E-state index >= 15 is 0 Å². The lowest BCUT2D eigenvalue weighted by Crippen LogP contribution is -2.50. The first kappa shape index (κ1) is 22.4. The SMILES string of the molecule is C[Si](C)(C)CCOCn1cc(CCCO)nc(N2CCN(C(=O)O)CC2)c1=O. The summed E-state index contributed by atoms with van der Waals surface area (Å²) in [7, 11) is -1.20. The average Bonchev–Trinajstić information content (AvgIpc) is 2.64. The van der Waals surface area contributed by atoms with Crippen molar-refractivity contribution in [2.24, 2.45) is 0 Å². The van der Waals surface area contributed by atoms with E-state index < -0.39 is 14.2 Å². The lowest BCUT2D eigenvalue weighted by atomic mass is 10.2. The molecule has 0 unspecified atom stereocenters. The number of aliphatic hydroxyl groups is 1.